The Morgan fingerprint density at radius 1 is 0.722 bits per heavy atom. The summed E-state index contributed by atoms with van der Waals surface area (Å²) >= 11 is 4.20. The molecule has 2 heteroatoms. The molecule has 0 spiro atoms. The van der Waals surface area contributed by atoms with Crippen molar-refractivity contribution in [3.8, 4) is 0 Å². The summed E-state index contributed by atoms with van der Waals surface area (Å²) in [4.78, 5) is 0. The monoisotopic (exact) mass is 274 g/mol. The summed E-state index contributed by atoms with van der Waals surface area (Å²) in [5.41, 5.74) is 0. The molecule has 1 heterocycles. The topological polar surface area (TPSA) is 9.23 Å². The maximum absolute atomic E-state index is 4.94. The van der Waals surface area contributed by atoms with E-state index in [0.29, 0.717) is 0 Å². The largest absolute Gasteiger partial charge is 0.381 e. The zero-order chi connectivity index (χ0) is 13.3. The Labute approximate surface area is 120 Å². The van der Waals surface area contributed by atoms with E-state index >= 15 is 0 Å². The van der Waals surface area contributed by atoms with E-state index in [2.05, 4.69) is 19.6 Å². The van der Waals surface area contributed by atoms with Crippen LogP contribution in [0, 0.1) is 0 Å². The van der Waals surface area contributed by atoms with E-state index in [4.69, 9.17) is 4.74 Å². The summed E-state index contributed by atoms with van der Waals surface area (Å²) in [6.07, 6.45) is 16.7. The van der Waals surface area contributed by atoms with E-state index in [1.165, 1.54) is 77.0 Å². The highest BCUT2D eigenvalue weighted by molar-refractivity contribution is 7.80. The van der Waals surface area contributed by atoms with Gasteiger partial charge in [0.25, 0.3) is 0 Å². The van der Waals surface area contributed by atoms with Crippen molar-refractivity contribution < 1.29 is 4.74 Å². The van der Waals surface area contributed by atoms with Gasteiger partial charge in [0.1, 0.15) is 0 Å². The Hall–Kier alpha value is 0.310. The van der Waals surface area contributed by atoms with Crippen LogP contribution in [0.15, 0.2) is 0 Å². The summed E-state index contributed by atoms with van der Waals surface area (Å²) in [7, 11) is 0. The Bertz CT molecular complexity index is 117. The Balaban J connectivity index is 0.000000473. The molecule has 0 radical (unpaired) electrons. The highest BCUT2D eigenvalue weighted by atomic mass is 32.1. The van der Waals surface area contributed by atoms with Gasteiger partial charge in [-0.15, -0.1) is 0 Å². The van der Waals surface area contributed by atoms with Crippen molar-refractivity contribution >= 4 is 12.6 Å². The van der Waals surface area contributed by atoms with Crippen molar-refractivity contribution in [3.05, 3.63) is 0 Å². The molecule has 1 fully saturated rings. The standard InChI is InChI=1S/C12H26S.C4H8O/c1-2-3-4-5-6-7-8-9-10-11-12-13;1-2-4-5-3-1/h13H,2-12H2,1H3;1-4H2. The molecule has 110 valence electrons. The van der Waals surface area contributed by atoms with Gasteiger partial charge < -0.3 is 4.74 Å². The fraction of sp³-hybridized carbons (Fsp3) is 1.00. The lowest BCUT2D eigenvalue weighted by Gasteiger charge is -2.00. The number of thiol groups is 1. The minimum atomic E-state index is 1.00. The first kappa shape index (κ1) is 18.3. The fourth-order valence-corrected chi connectivity index (χ4v) is 2.33. The summed E-state index contributed by atoms with van der Waals surface area (Å²) in [5.74, 6) is 1.07. The lowest BCUT2D eigenvalue weighted by Crippen LogP contribution is -1.81. The second kappa shape index (κ2) is 17.3. The molecule has 1 rings (SSSR count). The van der Waals surface area contributed by atoms with Crippen LogP contribution in [0.4, 0.5) is 0 Å². The number of hydrogen-bond acceptors (Lipinski definition) is 2. The number of unbranched alkanes of at least 4 members (excludes halogenated alkanes) is 9. The van der Waals surface area contributed by atoms with Crippen LogP contribution in [0.3, 0.4) is 0 Å². The molecule has 0 amide bonds. The molecular formula is C16H34OS. The second-order valence-electron chi connectivity index (χ2n) is 5.23. The van der Waals surface area contributed by atoms with Crippen LogP contribution >= 0.6 is 12.6 Å². The summed E-state index contributed by atoms with van der Waals surface area (Å²) in [6.45, 7) is 4.28. The molecule has 0 saturated carbocycles. The van der Waals surface area contributed by atoms with E-state index < -0.39 is 0 Å². The van der Waals surface area contributed by atoms with Gasteiger partial charge in [-0.2, -0.15) is 12.6 Å². The fourth-order valence-electron chi connectivity index (χ4n) is 2.11. The van der Waals surface area contributed by atoms with E-state index in [1.54, 1.807) is 0 Å². The van der Waals surface area contributed by atoms with Crippen LogP contribution in [-0.4, -0.2) is 19.0 Å². The van der Waals surface area contributed by atoms with Gasteiger partial charge in [-0.25, -0.2) is 0 Å². The molecular weight excluding hydrogens is 240 g/mol. The maximum Gasteiger partial charge on any atom is 0.0466 e. The van der Waals surface area contributed by atoms with Gasteiger partial charge in [0.2, 0.25) is 0 Å². The lowest BCUT2D eigenvalue weighted by molar-refractivity contribution is 0.198. The molecule has 0 atom stereocenters. The summed E-state index contributed by atoms with van der Waals surface area (Å²) in [6, 6.07) is 0. The Morgan fingerprint density at radius 2 is 1.17 bits per heavy atom. The first-order valence-electron chi connectivity index (χ1n) is 8.10. The molecule has 0 aromatic carbocycles. The third-order valence-electron chi connectivity index (χ3n) is 3.34. The summed E-state index contributed by atoms with van der Waals surface area (Å²) in [5, 5.41) is 0. The molecule has 0 unspecified atom stereocenters. The molecule has 18 heavy (non-hydrogen) atoms. The molecule has 0 aromatic heterocycles. The first-order valence-corrected chi connectivity index (χ1v) is 8.73. The highest BCUT2D eigenvalue weighted by Crippen LogP contribution is 2.10. The molecule has 1 aliphatic heterocycles. The van der Waals surface area contributed by atoms with Gasteiger partial charge in [0.15, 0.2) is 0 Å². The molecule has 1 nitrogen and oxygen atoms in total. The van der Waals surface area contributed by atoms with Crippen LogP contribution in [0.25, 0.3) is 0 Å². The Morgan fingerprint density at radius 3 is 1.50 bits per heavy atom. The Kier molecular flexibility index (Phi) is 17.6. The molecule has 1 aliphatic rings. The van der Waals surface area contributed by atoms with E-state index in [-0.39, 0.29) is 0 Å². The van der Waals surface area contributed by atoms with E-state index in [1.807, 2.05) is 0 Å². The minimum absolute atomic E-state index is 1.00. The molecule has 0 bridgehead atoms. The number of rotatable bonds is 10. The average molecular weight is 275 g/mol. The van der Waals surface area contributed by atoms with Crippen LogP contribution in [0.5, 0.6) is 0 Å². The molecule has 0 N–H and O–H groups in total. The summed E-state index contributed by atoms with van der Waals surface area (Å²) < 4.78 is 4.94. The van der Waals surface area contributed by atoms with Crippen LogP contribution in [-0.2, 0) is 4.74 Å². The van der Waals surface area contributed by atoms with Gasteiger partial charge in [0.05, 0.1) is 0 Å². The third-order valence-corrected chi connectivity index (χ3v) is 3.66. The molecule has 0 aromatic rings. The van der Waals surface area contributed by atoms with Crippen molar-refractivity contribution in [1.82, 2.24) is 0 Å². The maximum atomic E-state index is 4.94. The van der Waals surface area contributed by atoms with Crippen molar-refractivity contribution in [2.75, 3.05) is 19.0 Å². The number of ether oxygens (including phenoxy) is 1. The predicted octanol–water partition coefficient (Wildman–Crippen LogP) is 5.63. The van der Waals surface area contributed by atoms with Crippen LogP contribution in [0.2, 0.25) is 0 Å². The van der Waals surface area contributed by atoms with Gasteiger partial charge in [-0.05, 0) is 25.0 Å². The zero-order valence-corrected chi connectivity index (χ0v) is 13.4. The van der Waals surface area contributed by atoms with Crippen molar-refractivity contribution in [2.45, 2.75) is 84.0 Å². The quantitative estimate of drug-likeness (QED) is 0.401. The van der Waals surface area contributed by atoms with Crippen LogP contribution in [0.1, 0.15) is 84.0 Å². The van der Waals surface area contributed by atoms with E-state index in [0.717, 1.165) is 19.0 Å². The van der Waals surface area contributed by atoms with Gasteiger partial charge in [0, 0.05) is 13.2 Å². The number of hydrogen-bond donors (Lipinski definition) is 1. The van der Waals surface area contributed by atoms with E-state index in [9.17, 15) is 0 Å². The highest BCUT2D eigenvalue weighted by Gasteiger charge is 1.94. The normalized spacial score (nSPS) is 14.3. The van der Waals surface area contributed by atoms with Gasteiger partial charge in [-0.1, -0.05) is 64.7 Å². The third kappa shape index (κ3) is 16.3. The van der Waals surface area contributed by atoms with Crippen LogP contribution < -0.4 is 0 Å². The smallest absolute Gasteiger partial charge is 0.0466 e. The van der Waals surface area contributed by atoms with Crippen molar-refractivity contribution in [2.24, 2.45) is 0 Å². The molecule has 1 saturated heterocycles. The van der Waals surface area contributed by atoms with Crippen molar-refractivity contribution in [1.29, 1.82) is 0 Å². The van der Waals surface area contributed by atoms with Gasteiger partial charge in [-0.3, -0.25) is 0 Å². The SMILES string of the molecule is C1CCOC1.CCCCCCCCCCCCS. The molecule has 0 aliphatic carbocycles. The average Bonchev–Trinajstić information content (AvgIpc) is 2.96. The van der Waals surface area contributed by atoms with Crippen molar-refractivity contribution in [3.63, 3.8) is 0 Å². The minimum Gasteiger partial charge on any atom is -0.381 e. The van der Waals surface area contributed by atoms with Gasteiger partial charge >= 0.3 is 0 Å². The second-order valence-corrected chi connectivity index (χ2v) is 5.67. The lowest BCUT2D eigenvalue weighted by atomic mass is 10.1. The zero-order valence-electron chi connectivity index (χ0n) is 12.5. The first-order chi connectivity index (χ1) is 8.91. The predicted molar refractivity (Wildman–Crippen MR) is 85.8 cm³/mol.